The van der Waals surface area contributed by atoms with Crippen LogP contribution in [0.4, 0.5) is 5.69 Å². The zero-order valence-corrected chi connectivity index (χ0v) is 11.2. The molecule has 3 heteroatoms. The summed E-state index contributed by atoms with van der Waals surface area (Å²) in [4.78, 5) is 11.9. The smallest absolute Gasteiger partial charge is 0.228 e. The van der Waals surface area contributed by atoms with Gasteiger partial charge in [-0.15, -0.1) is 0 Å². The van der Waals surface area contributed by atoms with Crippen LogP contribution in [0.3, 0.4) is 0 Å². The van der Waals surface area contributed by atoms with Gasteiger partial charge in [-0.2, -0.15) is 11.8 Å². The van der Waals surface area contributed by atoms with Gasteiger partial charge in [-0.1, -0.05) is 26.0 Å². The van der Waals surface area contributed by atoms with Crippen molar-refractivity contribution in [2.45, 2.75) is 26.2 Å². The Hall–Kier alpha value is -0.960. The van der Waals surface area contributed by atoms with Crippen LogP contribution in [0, 0.1) is 5.92 Å². The zero-order chi connectivity index (χ0) is 12.3. The van der Waals surface area contributed by atoms with Gasteiger partial charge in [0.2, 0.25) is 5.91 Å². The molecular formula is C14H19NOS. The fourth-order valence-electron chi connectivity index (χ4n) is 1.94. The van der Waals surface area contributed by atoms with Gasteiger partial charge < -0.3 is 5.32 Å². The van der Waals surface area contributed by atoms with Crippen LogP contribution in [-0.4, -0.2) is 17.4 Å². The van der Waals surface area contributed by atoms with Crippen LogP contribution in [0.5, 0.6) is 0 Å². The van der Waals surface area contributed by atoms with Gasteiger partial charge in [0.1, 0.15) is 0 Å². The number of carbonyl (C=O) groups is 1. The molecule has 1 aromatic rings. The van der Waals surface area contributed by atoms with Crippen LogP contribution in [0.15, 0.2) is 24.3 Å². The molecule has 1 atom stereocenters. The van der Waals surface area contributed by atoms with Crippen molar-refractivity contribution in [1.29, 1.82) is 0 Å². The predicted octanol–water partition coefficient (Wildman–Crippen LogP) is 3.50. The quantitative estimate of drug-likeness (QED) is 0.888. The van der Waals surface area contributed by atoms with E-state index in [0.29, 0.717) is 5.92 Å². The molecule has 2 rings (SSSR count). The van der Waals surface area contributed by atoms with Gasteiger partial charge >= 0.3 is 0 Å². The second-order valence-corrected chi connectivity index (χ2v) is 5.98. The van der Waals surface area contributed by atoms with E-state index in [1.807, 2.05) is 23.9 Å². The number of anilines is 1. The van der Waals surface area contributed by atoms with E-state index in [4.69, 9.17) is 0 Å². The molecule has 1 unspecified atom stereocenters. The Morgan fingerprint density at radius 2 is 2.06 bits per heavy atom. The van der Waals surface area contributed by atoms with Gasteiger partial charge in [0.15, 0.2) is 0 Å². The summed E-state index contributed by atoms with van der Waals surface area (Å²) in [7, 11) is 0. The van der Waals surface area contributed by atoms with Crippen molar-refractivity contribution < 1.29 is 4.79 Å². The minimum atomic E-state index is 0.173. The number of carbonyl (C=O) groups excluding carboxylic acids is 1. The van der Waals surface area contributed by atoms with Crippen LogP contribution in [0.1, 0.15) is 31.7 Å². The Morgan fingerprint density at radius 1 is 1.35 bits per heavy atom. The van der Waals surface area contributed by atoms with Crippen molar-refractivity contribution in [3.05, 3.63) is 29.8 Å². The molecular weight excluding hydrogens is 230 g/mol. The number of thioether (sulfide) groups is 1. The third-order valence-corrected chi connectivity index (χ3v) is 4.31. The van der Waals surface area contributed by atoms with Crippen molar-refractivity contribution in [3.63, 3.8) is 0 Å². The number of nitrogens with one attached hydrogen (secondary N) is 1. The van der Waals surface area contributed by atoms with Crippen LogP contribution < -0.4 is 5.32 Å². The van der Waals surface area contributed by atoms with E-state index < -0.39 is 0 Å². The first-order chi connectivity index (χ1) is 8.16. The van der Waals surface area contributed by atoms with Crippen molar-refractivity contribution in [2.75, 3.05) is 16.8 Å². The summed E-state index contributed by atoms with van der Waals surface area (Å²) in [6.45, 7) is 4.34. The third-order valence-electron chi connectivity index (χ3n) is 3.15. The minimum absolute atomic E-state index is 0.173. The van der Waals surface area contributed by atoms with Crippen molar-refractivity contribution in [1.82, 2.24) is 0 Å². The highest BCUT2D eigenvalue weighted by atomic mass is 32.2. The minimum Gasteiger partial charge on any atom is -0.326 e. The molecule has 92 valence electrons. The molecule has 0 saturated carbocycles. The van der Waals surface area contributed by atoms with Crippen molar-refractivity contribution >= 4 is 23.4 Å². The molecule has 2 nitrogen and oxygen atoms in total. The molecule has 17 heavy (non-hydrogen) atoms. The lowest BCUT2D eigenvalue weighted by molar-refractivity contribution is -0.119. The largest absolute Gasteiger partial charge is 0.326 e. The molecule has 1 aliphatic heterocycles. The van der Waals surface area contributed by atoms with Crippen molar-refractivity contribution in [3.8, 4) is 0 Å². The van der Waals surface area contributed by atoms with E-state index in [-0.39, 0.29) is 11.8 Å². The van der Waals surface area contributed by atoms with E-state index in [1.54, 1.807) is 0 Å². The summed E-state index contributed by atoms with van der Waals surface area (Å²) in [5.74, 6) is 2.99. The highest BCUT2D eigenvalue weighted by Crippen LogP contribution is 2.25. The Bertz CT molecular complexity index is 380. The third kappa shape index (κ3) is 3.25. The standard InChI is InChI=1S/C14H19NOS/c1-10(2)11-3-5-13(6-4-11)15-14(16)12-7-8-17-9-12/h3-6,10,12H,7-9H2,1-2H3,(H,15,16). The van der Waals surface area contributed by atoms with E-state index >= 15 is 0 Å². The average molecular weight is 249 g/mol. The van der Waals surface area contributed by atoms with Crippen LogP contribution in [-0.2, 0) is 4.79 Å². The lowest BCUT2D eigenvalue weighted by Gasteiger charge is -2.11. The summed E-state index contributed by atoms with van der Waals surface area (Å²) in [5.41, 5.74) is 2.22. The molecule has 1 heterocycles. The van der Waals surface area contributed by atoms with Crippen LogP contribution in [0.25, 0.3) is 0 Å². The molecule has 1 amide bonds. The summed E-state index contributed by atoms with van der Waals surface area (Å²) in [6, 6.07) is 8.16. The Kier molecular flexibility index (Phi) is 4.11. The summed E-state index contributed by atoms with van der Waals surface area (Å²) < 4.78 is 0. The van der Waals surface area contributed by atoms with Crippen LogP contribution in [0.2, 0.25) is 0 Å². The van der Waals surface area contributed by atoms with Gasteiger partial charge in [-0.05, 0) is 35.8 Å². The maximum atomic E-state index is 11.9. The topological polar surface area (TPSA) is 29.1 Å². The maximum absolute atomic E-state index is 11.9. The second-order valence-electron chi connectivity index (χ2n) is 4.83. The zero-order valence-electron chi connectivity index (χ0n) is 10.4. The molecule has 1 fully saturated rings. The molecule has 0 aromatic heterocycles. The molecule has 1 saturated heterocycles. The number of benzene rings is 1. The molecule has 1 aliphatic rings. The monoisotopic (exact) mass is 249 g/mol. The van der Waals surface area contributed by atoms with Crippen molar-refractivity contribution in [2.24, 2.45) is 5.92 Å². The molecule has 0 spiro atoms. The first kappa shape index (κ1) is 12.5. The van der Waals surface area contributed by atoms with E-state index in [2.05, 4.69) is 31.3 Å². The molecule has 1 N–H and O–H groups in total. The Labute approximate surface area is 107 Å². The van der Waals surface area contributed by atoms with Gasteiger partial charge in [0.25, 0.3) is 0 Å². The number of amides is 1. The van der Waals surface area contributed by atoms with E-state index in [9.17, 15) is 4.79 Å². The first-order valence-electron chi connectivity index (χ1n) is 6.15. The fraction of sp³-hybridized carbons (Fsp3) is 0.500. The second kappa shape index (κ2) is 5.58. The molecule has 0 bridgehead atoms. The van der Waals surface area contributed by atoms with Gasteiger partial charge in [0.05, 0.1) is 0 Å². The maximum Gasteiger partial charge on any atom is 0.228 e. The average Bonchev–Trinajstić information content (AvgIpc) is 2.83. The molecule has 1 aromatic carbocycles. The highest BCUT2D eigenvalue weighted by Gasteiger charge is 2.22. The van der Waals surface area contributed by atoms with Gasteiger partial charge in [0, 0.05) is 17.4 Å². The normalized spacial score (nSPS) is 19.6. The predicted molar refractivity (Wildman–Crippen MR) is 74.6 cm³/mol. The lowest BCUT2D eigenvalue weighted by Crippen LogP contribution is -2.22. The van der Waals surface area contributed by atoms with E-state index in [0.717, 1.165) is 23.6 Å². The Morgan fingerprint density at radius 3 is 2.59 bits per heavy atom. The molecule has 0 radical (unpaired) electrons. The number of rotatable bonds is 3. The van der Waals surface area contributed by atoms with Gasteiger partial charge in [-0.25, -0.2) is 0 Å². The molecule has 0 aliphatic carbocycles. The number of hydrogen-bond donors (Lipinski definition) is 1. The van der Waals surface area contributed by atoms with E-state index in [1.165, 1.54) is 5.56 Å². The fourth-order valence-corrected chi connectivity index (χ4v) is 3.16. The summed E-state index contributed by atoms with van der Waals surface area (Å²) in [5, 5.41) is 3.00. The summed E-state index contributed by atoms with van der Waals surface area (Å²) >= 11 is 1.87. The lowest BCUT2D eigenvalue weighted by atomic mass is 10.0. The highest BCUT2D eigenvalue weighted by molar-refractivity contribution is 7.99. The van der Waals surface area contributed by atoms with Crippen LogP contribution >= 0.6 is 11.8 Å². The summed E-state index contributed by atoms with van der Waals surface area (Å²) in [6.07, 6.45) is 1.01. The Balaban J connectivity index is 1.96. The van der Waals surface area contributed by atoms with Gasteiger partial charge in [-0.3, -0.25) is 4.79 Å². The SMILES string of the molecule is CC(C)c1ccc(NC(=O)C2CCSC2)cc1. The number of hydrogen-bond acceptors (Lipinski definition) is 2. The first-order valence-corrected chi connectivity index (χ1v) is 7.31.